The second kappa shape index (κ2) is 38.6. The van der Waals surface area contributed by atoms with Gasteiger partial charge in [0.05, 0.1) is 24.9 Å². The number of nitrogens with one attached hydrogen (secondary N) is 7. The topological polar surface area (TPSA) is 293 Å². The number of para-hydroxylation sites is 2. The molecule has 4 aromatic rings. The van der Waals surface area contributed by atoms with E-state index in [1.165, 1.54) is 6.92 Å². The standard InChI is InChI=1S/C50H65N9O9.5Y/c1-31(60)16-17-34-26-47(64)58-44(40-30-54-42-15-5-3-13-38(40)42)28-49(66)59-43(39-29-53-41-14-4-2-12-37(39)41)27-48(65)57-35(18-19-50(67)68)25-46(63)55-33(11-7-9-21-52)24-36(61)22-32(10-6-8-20-51)23-45(62)56-34;;;;;/h2-5,12-15,29-30,32-35,43-44,51-52H,6-11,16-28H2,1H3,(H,55,63)(H,56,62)(H,57,65)(H,58,64)(H,59,66)(H,67,68);;;;;/q-4;;;;;. The van der Waals surface area contributed by atoms with Crippen LogP contribution >= 0.6 is 0 Å². The molecule has 0 aliphatic carbocycles. The third-order valence-electron chi connectivity index (χ3n) is 12.3. The summed E-state index contributed by atoms with van der Waals surface area (Å²) in [7, 11) is 0. The summed E-state index contributed by atoms with van der Waals surface area (Å²) in [5.74, 6) is -4.44. The molecule has 8 N–H and O–H groups in total. The average molecular weight is 1380 g/mol. The average Bonchev–Trinajstić information content (AvgIpc) is 3.92. The fourth-order valence-corrected chi connectivity index (χ4v) is 8.94. The van der Waals surface area contributed by atoms with E-state index in [1.807, 2.05) is 24.3 Å². The molecule has 2 aromatic carbocycles. The number of rotatable bonds is 16. The predicted molar refractivity (Wildman–Crippen MR) is 256 cm³/mol. The van der Waals surface area contributed by atoms with Crippen LogP contribution in [-0.4, -0.2) is 83.4 Å². The molecule has 1 aliphatic rings. The Morgan fingerprint density at radius 1 is 0.521 bits per heavy atom. The summed E-state index contributed by atoms with van der Waals surface area (Å²) < 4.78 is 0. The zero-order valence-electron chi connectivity index (χ0n) is 41.7. The maximum Gasteiger partial charge on any atom is 0.303 e. The fourth-order valence-electron chi connectivity index (χ4n) is 8.94. The van der Waals surface area contributed by atoms with Crippen LogP contribution in [0.15, 0.2) is 60.9 Å². The van der Waals surface area contributed by atoms with Crippen molar-refractivity contribution in [1.82, 2.24) is 36.6 Å². The maximum atomic E-state index is 14.3. The van der Waals surface area contributed by atoms with Gasteiger partial charge in [-0.05, 0) is 60.4 Å². The normalized spacial score (nSPS) is 20.9. The number of carboxylic acids is 1. The molecule has 73 heavy (non-hydrogen) atoms. The second-order valence-corrected chi connectivity index (χ2v) is 18.0. The van der Waals surface area contributed by atoms with Crippen molar-refractivity contribution in [2.24, 2.45) is 5.92 Å². The Bertz CT molecular complexity index is 2230. The number of amides is 5. The van der Waals surface area contributed by atoms with E-state index in [0.29, 0.717) is 71.5 Å². The fraction of sp³-hybridized carbons (Fsp3) is 0.520. The van der Waals surface area contributed by atoms with E-state index in [4.69, 9.17) is 11.5 Å². The molecule has 1 aliphatic heterocycles. The van der Waals surface area contributed by atoms with E-state index in [-0.39, 0.29) is 259 Å². The number of carbonyl (C=O) groups is 8. The number of ketones is 2. The van der Waals surface area contributed by atoms with Crippen molar-refractivity contribution < 1.29 is 207 Å². The van der Waals surface area contributed by atoms with Gasteiger partial charge in [-0.2, -0.15) is 25.5 Å². The van der Waals surface area contributed by atoms with E-state index in [9.17, 15) is 43.5 Å². The minimum Gasteiger partial charge on any atom is -0.677 e. The SMILES string of the molecule is CC(=O)CCC1CC(=O)NC(c2c[n-]c3ccccc23)CC(=O)NC(c2c[n-]c3ccccc23)CC(=O)NC(CCC(=O)O)CC(=O)NC(CCCC[NH-])CC(=O)CC(CCCC[NH-])CC(=O)N1.[Y].[Y].[Y].[Y].[Y]. The van der Waals surface area contributed by atoms with Gasteiger partial charge in [-0.15, -0.1) is 11.0 Å². The number of nitrogens with zero attached hydrogens (tertiary/aromatic N) is 2. The van der Waals surface area contributed by atoms with Gasteiger partial charge in [0, 0.05) is 227 Å². The van der Waals surface area contributed by atoms with Gasteiger partial charge in [-0.1, -0.05) is 74.2 Å². The molecule has 18 nitrogen and oxygen atoms in total. The van der Waals surface area contributed by atoms with Crippen molar-refractivity contribution in [3.63, 3.8) is 0 Å². The van der Waals surface area contributed by atoms with Crippen LogP contribution < -0.4 is 36.6 Å². The molecular weight excluding hydrogens is 1320 g/mol. The van der Waals surface area contributed by atoms with Crippen LogP contribution in [0.5, 0.6) is 0 Å². The third kappa shape index (κ3) is 25.6. The van der Waals surface area contributed by atoms with Crippen molar-refractivity contribution in [2.45, 2.75) is 146 Å². The Labute approximate surface area is 553 Å². The first-order valence-electron chi connectivity index (χ1n) is 23.7. The number of carbonyl (C=O) groups excluding carboxylic acids is 7. The van der Waals surface area contributed by atoms with Gasteiger partial charge in [-0.3, -0.25) is 33.6 Å². The first-order chi connectivity index (χ1) is 32.7. The number of fused-ring (bicyclic) bond motifs is 2. The van der Waals surface area contributed by atoms with E-state index >= 15 is 0 Å². The van der Waals surface area contributed by atoms with Gasteiger partial charge in [0.25, 0.3) is 0 Å². The summed E-state index contributed by atoms with van der Waals surface area (Å²) in [6.07, 6.45) is 4.77. The Morgan fingerprint density at radius 2 is 0.932 bits per heavy atom. The second-order valence-electron chi connectivity index (χ2n) is 18.0. The Kier molecular flexibility index (Phi) is 38.2. The van der Waals surface area contributed by atoms with Crippen LogP contribution in [0.4, 0.5) is 0 Å². The predicted octanol–water partition coefficient (Wildman–Crippen LogP) is 5.97. The van der Waals surface area contributed by atoms with Gasteiger partial charge in [0.2, 0.25) is 29.5 Å². The van der Waals surface area contributed by atoms with Crippen LogP contribution in [0.2, 0.25) is 0 Å². The summed E-state index contributed by atoms with van der Waals surface area (Å²) in [5, 5.41) is 25.6. The zero-order valence-corrected chi connectivity index (χ0v) is 55.9. The Morgan fingerprint density at radius 3 is 1.41 bits per heavy atom. The molecule has 1 fully saturated rings. The molecule has 3 heterocycles. The zero-order chi connectivity index (χ0) is 49.0. The van der Waals surface area contributed by atoms with E-state index < -0.39 is 71.6 Å². The first-order valence-corrected chi connectivity index (χ1v) is 23.7. The van der Waals surface area contributed by atoms with Crippen LogP contribution in [0, 0.1) is 5.92 Å². The molecule has 1 saturated heterocycles. The minimum atomic E-state index is -1.13. The van der Waals surface area contributed by atoms with Crippen molar-refractivity contribution >= 4 is 68.9 Å². The van der Waals surface area contributed by atoms with Crippen LogP contribution in [0.1, 0.15) is 139 Å². The molecule has 0 bridgehead atoms. The van der Waals surface area contributed by atoms with E-state index in [1.54, 1.807) is 36.7 Å². The molecular formula is C50H65N9O9Y5-4. The van der Waals surface area contributed by atoms with E-state index in [0.717, 1.165) is 0 Å². The number of Topliss-reactive ketones (excluding diaryl/α,β-unsaturated/α-hetero) is 2. The molecule has 2 aromatic heterocycles. The maximum absolute atomic E-state index is 14.3. The van der Waals surface area contributed by atoms with Gasteiger partial charge >= 0.3 is 5.97 Å². The number of carboxylic acid groups (broad SMARTS) is 1. The number of unbranched alkanes of at least 4 members (excludes halogenated alkanes) is 2. The molecule has 383 valence electrons. The summed E-state index contributed by atoms with van der Waals surface area (Å²) in [6.45, 7) is 1.75. The van der Waals surface area contributed by atoms with Gasteiger partial charge in [0.1, 0.15) is 11.6 Å². The Balaban J connectivity index is 0.0000104. The largest absolute Gasteiger partial charge is 0.677 e. The molecule has 6 unspecified atom stereocenters. The van der Waals surface area contributed by atoms with Crippen molar-refractivity contribution in [1.29, 1.82) is 0 Å². The molecule has 0 saturated carbocycles. The molecule has 23 heteroatoms. The molecule has 5 radical (unpaired) electrons. The summed E-state index contributed by atoms with van der Waals surface area (Å²) >= 11 is 0. The molecule has 5 amide bonds. The number of aliphatic carboxylic acids is 1. The van der Waals surface area contributed by atoms with Gasteiger partial charge < -0.3 is 57.9 Å². The van der Waals surface area contributed by atoms with Gasteiger partial charge in [-0.25, -0.2) is 0 Å². The van der Waals surface area contributed by atoms with Crippen LogP contribution in [0.25, 0.3) is 33.3 Å². The number of hydrogen-bond donors (Lipinski definition) is 6. The molecule has 0 spiro atoms. The van der Waals surface area contributed by atoms with E-state index in [2.05, 4.69) is 36.6 Å². The number of aromatic nitrogens is 2. The third-order valence-corrected chi connectivity index (χ3v) is 12.3. The minimum absolute atomic E-state index is 0. The van der Waals surface area contributed by atoms with Gasteiger partial charge in [0.15, 0.2) is 0 Å². The van der Waals surface area contributed by atoms with Crippen molar-refractivity contribution in [3.8, 4) is 0 Å². The quantitative estimate of drug-likeness (QED) is 0.0710. The smallest absolute Gasteiger partial charge is 0.303 e. The Hall–Kier alpha value is -0.881. The van der Waals surface area contributed by atoms with Crippen molar-refractivity contribution in [3.05, 3.63) is 83.5 Å². The van der Waals surface area contributed by atoms with Crippen molar-refractivity contribution in [2.75, 3.05) is 13.1 Å². The number of hydrogen-bond acceptors (Lipinski definition) is 8. The molecule has 6 atom stereocenters. The first kappa shape index (κ1) is 72.1. The van der Waals surface area contributed by atoms with Crippen LogP contribution in [-0.2, 0) is 202 Å². The number of benzene rings is 2. The summed E-state index contributed by atoms with van der Waals surface area (Å²) in [6, 6.07) is 10.2. The molecule has 5 rings (SSSR count). The monoisotopic (exact) mass is 1380 g/mol. The summed E-state index contributed by atoms with van der Waals surface area (Å²) in [4.78, 5) is 117. The summed E-state index contributed by atoms with van der Waals surface area (Å²) in [5.41, 5.74) is 17.6. The van der Waals surface area contributed by atoms with Crippen LogP contribution in [0.3, 0.4) is 0 Å².